The molecular formula is C13H18N2O. The van der Waals surface area contributed by atoms with Crippen molar-refractivity contribution in [1.29, 1.82) is 0 Å². The van der Waals surface area contributed by atoms with Crippen LogP contribution in [0.15, 0.2) is 37.6 Å². The van der Waals surface area contributed by atoms with Gasteiger partial charge in [-0.15, -0.1) is 13.2 Å². The molecule has 3 heteroatoms. The van der Waals surface area contributed by atoms with E-state index in [9.17, 15) is 5.11 Å². The Morgan fingerprint density at radius 3 is 2.50 bits per heavy atom. The van der Waals surface area contributed by atoms with E-state index >= 15 is 0 Å². The summed E-state index contributed by atoms with van der Waals surface area (Å²) < 4.78 is 0. The number of aromatic nitrogens is 1. The molecule has 0 aliphatic heterocycles. The maximum atomic E-state index is 9.28. The van der Waals surface area contributed by atoms with E-state index in [4.69, 9.17) is 0 Å². The summed E-state index contributed by atoms with van der Waals surface area (Å²) in [4.78, 5) is 6.27. The molecule has 0 aliphatic rings. The van der Waals surface area contributed by atoms with E-state index in [1.54, 1.807) is 6.20 Å². The highest BCUT2D eigenvalue weighted by Gasteiger charge is 2.09. The Labute approximate surface area is 96.7 Å². The van der Waals surface area contributed by atoms with E-state index < -0.39 is 0 Å². The smallest absolute Gasteiger partial charge is 0.0717 e. The molecule has 0 unspecified atom stereocenters. The summed E-state index contributed by atoms with van der Waals surface area (Å²) in [6.45, 7) is 10.8. The number of hydrogen-bond acceptors (Lipinski definition) is 3. The largest absolute Gasteiger partial charge is 0.392 e. The summed E-state index contributed by atoms with van der Waals surface area (Å²) in [6.07, 6.45) is 5.38. The third-order valence-electron chi connectivity index (χ3n) is 2.31. The van der Waals surface area contributed by atoms with Gasteiger partial charge in [-0.1, -0.05) is 12.2 Å². The Kier molecular flexibility index (Phi) is 4.73. The van der Waals surface area contributed by atoms with Gasteiger partial charge in [-0.05, 0) is 13.0 Å². The highest BCUT2D eigenvalue weighted by molar-refractivity contribution is 5.54. The second-order valence-corrected chi connectivity index (χ2v) is 3.59. The number of hydrogen-bond donors (Lipinski definition) is 1. The Bertz CT molecular complexity index is 364. The number of anilines is 1. The molecule has 1 aromatic rings. The monoisotopic (exact) mass is 218 g/mol. The standard InChI is InChI=1S/C13H18N2O/c1-4-6-15(7-5-2)13-8-11(3)14-9-12(13)10-16/h4-5,8-9,16H,1-2,6-7,10H2,3H3. The van der Waals surface area contributed by atoms with E-state index in [-0.39, 0.29) is 6.61 Å². The second-order valence-electron chi connectivity index (χ2n) is 3.59. The molecule has 0 saturated heterocycles. The minimum absolute atomic E-state index is 0.00655. The number of aryl methyl sites for hydroxylation is 1. The SMILES string of the molecule is C=CCN(CC=C)c1cc(C)ncc1CO. The van der Waals surface area contributed by atoms with Crippen LogP contribution < -0.4 is 4.90 Å². The highest BCUT2D eigenvalue weighted by Crippen LogP contribution is 2.20. The van der Waals surface area contributed by atoms with Gasteiger partial charge in [0.05, 0.1) is 6.61 Å². The summed E-state index contributed by atoms with van der Waals surface area (Å²) in [7, 11) is 0. The fraction of sp³-hybridized carbons (Fsp3) is 0.308. The van der Waals surface area contributed by atoms with Crippen molar-refractivity contribution in [3.05, 3.63) is 48.8 Å². The van der Waals surface area contributed by atoms with Crippen molar-refractivity contribution in [1.82, 2.24) is 4.98 Å². The lowest BCUT2D eigenvalue weighted by Gasteiger charge is -2.24. The van der Waals surface area contributed by atoms with Gasteiger partial charge in [0.15, 0.2) is 0 Å². The van der Waals surface area contributed by atoms with Gasteiger partial charge in [0.2, 0.25) is 0 Å². The first kappa shape index (κ1) is 12.5. The molecule has 0 aliphatic carbocycles. The lowest BCUT2D eigenvalue weighted by Crippen LogP contribution is -2.24. The van der Waals surface area contributed by atoms with Crippen LogP contribution in [0.25, 0.3) is 0 Å². The van der Waals surface area contributed by atoms with E-state index in [0.717, 1.165) is 30.0 Å². The molecule has 1 aromatic heterocycles. The van der Waals surface area contributed by atoms with Gasteiger partial charge in [-0.2, -0.15) is 0 Å². The van der Waals surface area contributed by atoms with Crippen molar-refractivity contribution >= 4 is 5.69 Å². The maximum Gasteiger partial charge on any atom is 0.0717 e. The Balaban J connectivity index is 3.09. The molecule has 0 bridgehead atoms. The van der Waals surface area contributed by atoms with E-state index in [1.807, 2.05) is 25.1 Å². The van der Waals surface area contributed by atoms with Crippen molar-refractivity contribution in [2.45, 2.75) is 13.5 Å². The van der Waals surface area contributed by atoms with Crippen molar-refractivity contribution in [3.8, 4) is 0 Å². The molecule has 0 saturated carbocycles. The summed E-state index contributed by atoms with van der Waals surface area (Å²) in [5.74, 6) is 0. The number of pyridine rings is 1. The number of nitrogens with zero attached hydrogens (tertiary/aromatic N) is 2. The first-order valence-corrected chi connectivity index (χ1v) is 5.26. The van der Waals surface area contributed by atoms with Gasteiger partial charge < -0.3 is 10.0 Å². The van der Waals surface area contributed by atoms with Crippen LogP contribution in [0.5, 0.6) is 0 Å². The van der Waals surface area contributed by atoms with Crippen molar-refractivity contribution < 1.29 is 5.11 Å². The van der Waals surface area contributed by atoms with Crippen LogP contribution in [0.4, 0.5) is 5.69 Å². The topological polar surface area (TPSA) is 36.4 Å². The molecular weight excluding hydrogens is 200 g/mol. The minimum Gasteiger partial charge on any atom is -0.392 e. The molecule has 86 valence electrons. The van der Waals surface area contributed by atoms with Crippen LogP contribution in [0.2, 0.25) is 0 Å². The molecule has 16 heavy (non-hydrogen) atoms. The summed E-state index contributed by atoms with van der Waals surface area (Å²) >= 11 is 0. The molecule has 1 N–H and O–H groups in total. The summed E-state index contributed by atoms with van der Waals surface area (Å²) in [5, 5.41) is 9.28. The number of rotatable bonds is 6. The lowest BCUT2D eigenvalue weighted by atomic mass is 10.2. The molecule has 3 nitrogen and oxygen atoms in total. The van der Waals surface area contributed by atoms with E-state index in [2.05, 4.69) is 23.0 Å². The zero-order chi connectivity index (χ0) is 12.0. The lowest BCUT2D eigenvalue weighted by molar-refractivity contribution is 0.281. The van der Waals surface area contributed by atoms with Crippen LogP contribution in [0.1, 0.15) is 11.3 Å². The minimum atomic E-state index is -0.00655. The molecule has 1 heterocycles. The number of aliphatic hydroxyl groups excluding tert-OH is 1. The predicted molar refractivity (Wildman–Crippen MR) is 67.5 cm³/mol. The zero-order valence-corrected chi connectivity index (χ0v) is 9.69. The summed E-state index contributed by atoms with van der Waals surface area (Å²) in [5.41, 5.74) is 2.76. The van der Waals surface area contributed by atoms with Gasteiger partial charge in [-0.3, -0.25) is 4.98 Å². The van der Waals surface area contributed by atoms with Crippen molar-refractivity contribution in [3.63, 3.8) is 0 Å². The van der Waals surface area contributed by atoms with Crippen molar-refractivity contribution in [2.75, 3.05) is 18.0 Å². The average Bonchev–Trinajstić information content (AvgIpc) is 2.29. The second kappa shape index (κ2) is 6.08. The first-order chi connectivity index (χ1) is 7.72. The third kappa shape index (κ3) is 2.94. The van der Waals surface area contributed by atoms with Gasteiger partial charge in [0.1, 0.15) is 0 Å². The van der Waals surface area contributed by atoms with Gasteiger partial charge >= 0.3 is 0 Å². The van der Waals surface area contributed by atoms with E-state index in [0.29, 0.717) is 0 Å². The van der Waals surface area contributed by atoms with Gasteiger partial charge in [-0.25, -0.2) is 0 Å². The van der Waals surface area contributed by atoms with Crippen LogP contribution >= 0.6 is 0 Å². The molecule has 1 rings (SSSR count). The predicted octanol–water partition coefficient (Wildman–Crippen LogP) is 2.06. The van der Waals surface area contributed by atoms with Crippen molar-refractivity contribution in [2.24, 2.45) is 0 Å². The fourth-order valence-electron chi connectivity index (χ4n) is 1.57. The third-order valence-corrected chi connectivity index (χ3v) is 2.31. The normalized spacial score (nSPS) is 9.88. The van der Waals surface area contributed by atoms with Gasteiger partial charge in [0, 0.05) is 36.2 Å². The Hall–Kier alpha value is -1.61. The van der Waals surface area contributed by atoms with Gasteiger partial charge in [0.25, 0.3) is 0 Å². The van der Waals surface area contributed by atoms with Crippen LogP contribution in [-0.2, 0) is 6.61 Å². The summed E-state index contributed by atoms with van der Waals surface area (Å²) in [6, 6.07) is 1.97. The highest BCUT2D eigenvalue weighted by atomic mass is 16.3. The molecule has 0 radical (unpaired) electrons. The molecule has 0 spiro atoms. The van der Waals surface area contributed by atoms with Crippen LogP contribution in [0, 0.1) is 6.92 Å². The Morgan fingerprint density at radius 1 is 1.38 bits per heavy atom. The van der Waals surface area contributed by atoms with Crippen LogP contribution in [-0.4, -0.2) is 23.2 Å². The molecule has 0 fully saturated rings. The first-order valence-electron chi connectivity index (χ1n) is 5.26. The fourth-order valence-corrected chi connectivity index (χ4v) is 1.57. The quantitative estimate of drug-likeness (QED) is 0.742. The molecule has 0 amide bonds. The van der Waals surface area contributed by atoms with Crippen LogP contribution in [0.3, 0.4) is 0 Å². The Morgan fingerprint density at radius 2 is 2.00 bits per heavy atom. The van der Waals surface area contributed by atoms with E-state index in [1.165, 1.54) is 0 Å². The maximum absolute atomic E-state index is 9.28. The average molecular weight is 218 g/mol. The molecule has 0 aromatic carbocycles. The number of aliphatic hydroxyl groups is 1. The zero-order valence-electron chi connectivity index (χ0n) is 9.69. The molecule has 0 atom stereocenters.